The van der Waals surface area contributed by atoms with Crippen LogP contribution in [0.2, 0.25) is 10.0 Å². The summed E-state index contributed by atoms with van der Waals surface area (Å²) in [6.45, 7) is 0. The molecule has 0 atom stereocenters. The van der Waals surface area contributed by atoms with Crippen LogP contribution >= 0.6 is 23.2 Å². The quantitative estimate of drug-likeness (QED) is 0.682. The van der Waals surface area contributed by atoms with E-state index in [1.807, 2.05) is 0 Å². The summed E-state index contributed by atoms with van der Waals surface area (Å²) in [6.07, 6.45) is 0.971. The van der Waals surface area contributed by atoms with Crippen molar-refractivity contribution in [2.24, 2.45) is 0 Å². The van der Waals surface area contributed by atoms with Gasteiger partial charge in [0.2, 0.25) is 0 Å². The number of halogens is 2. The zero-order valence-corrected chi connectivity index (χ0v) is 11.4. The molecule has 0 unspecified atom stereocenters. The van der Waals surface area contributed by atoms with Crippen LogP contribution in [-0.2, 0) is 9.84 Å². The van der Waals surface area contributed by atoms with Crippen molar-refractivity contribution in [2.45, 2.75) is 6.42 Å². The minimum Gasteiger partial charge on any atom is -0.396 e. The van der Waals surface area contributed by atoms with Crippen molar-refractivity contribution in [3.05, 3.63) is 27.7 Å². The van der Waals surface area contributed by atoms with Gasteiger partial charge in [-0.25, -0.2) is 8.42 Å². The zero-order chi connectivity index (χ0) is 13.2. The molecular weight excluding hydrogens is 285 g/mol. The molecule has 0 radical (unpaired) electrons. The Hall–Kier alpha value is -0.780. The molecule has 0 spiro atoms. The van der Waals surface area contributed by atoms with Crippen molar-refractivity contribution < 1.29 is 13.2 Å². The first kappa shape index (κ1) is 14.3. The number of benzene rings is 1. The van der Waals surface area contributed by atoms with Gasteiger partial charge in [0.05, 0.1) is 21.5 Å². The number of sulfone groups is 1. The number of ketones is 1. The first-order valence-electron chi connectivity index (χ1n) is 4.66. The van der Waals surface area contributed by atoms with Crippen LogP contribution in [-0.4, -0.2) is 26.2 Å². The number of rotatable bonds is 4. The first-order chi connectivity index (χ1) is 7.70. The van der Waals surface area contributed by atoms with Gasteiger partial charge in [-0.2, -0.15) is 0 Å². The van der Waals surface area contributed by atoms with Gasteiger partial charge in [-0.15, -0.1) is 0 Å². The SMILES string of the molecule is CS(=O)(=O)CCC(=O)c1cc(Cl)c(N)c(Cl)c1. The van der Waals surface area contributed by atoms with E-state index in [1.165, 1.54) is 12.1 Å². The summed E-state index contributed by atoms with van der Waals surface area (Å²) in [5.41, 5.74) is 5.99. The van der Waals surface area contributed by atoms with Crippen LogP contribution in [0.4, 0.5) is 5.69 Å². The van der Waals surface area contributed by atoms with Crippen LogP contribution in [0.3, 0.4) is 0 Å². The van der Waals surface area contributed by atoms with Gasteiger partial charge in [-0.1, -0.05) is 23.2 Å². The van der Waals surface area contributed by atoms with Gasteiger partial charge >= 0.3 is 0 Å². The summed E-state index contributed by atoms with van der Waals surface area (Å²) in [7, 11) is -3.17. The summed E-state index contributed by atoms with van der Waals surface area (Å²) in [6, 6.07) is 2.76. The van der Waals surface area contributed by atoms with Crippen molar-refractivity contribution in [3.63, 3.8) is 0 Å². The Morgan fingerprint density at radius 2 is 1.76 bits per heavy atom. The van der Waals surface area contributed by atoms with E-state index in [2.05, 4.69) is 0 Å². The van der Waals surface area contributed by atoms with Gasteiger partial charge in [0.15, 0.2) is 5.78 Å². The largest absolute Gasteiger partial charge is 0.396 e. The zero-order valence-electron chi connectivity index (χ0n) is 9.04. The van der Waals surface area contributed by atoms with Crippen LogP contribution in [0.1, 0.15) is 16.8 Å². The van der Waals surface area contributed by atoms with Crippen molar-refractivity contribution in [1.82, 2.24) is 0 Å². The molecule has 0 saturated carbocycles. The number of carbonyl (C=O) groups excluding carboxylic acids is 1. The molecule has 0 heterocycles. The third-order valence-electron chi connectivity index (χ3n) is 2.10. The smallest absolute Gasteiger partial charge is 0.163 e. The Kier molecular flexibility index (Phi) is 4.41. The van der Waals surface area contributed by atoms with Crippen molar-refractivity contribution in [1.29, 1.82) is 0 Å². The Morgan fingerprint density at radius 1 is 1.29 bits per heavy atom. The van der Waals surface area contributed by atoms with Crippen LogP contribution in [0.5, 0.6) is 0 Å². The fourth-order valence-electron chi connectivity index (χ4n) is 1.17. The Balaban J connectivity index is 2.91. The van der Waals surface area contributed by atoms with Crippen molar-refractivity contribution >= 4 is 44.5 Å². The molecular formula is C10H11Cl2NO3S. The number of Topliss-reactive ketones (excluding diaryl/α,β-unsaturated/α-hetero) is 1. The summed E-state index contributed by atoms with van der Waals surface area (Å²) in [5, 5.41) is 0.361. The lowest BCUT2D eigenvalue weighted by molar-refractivity contribution is 0.0989. The second-order valence-corrected chi connectivity index (χ2v) is 6.73. The fraction of sp³-hybridized carbons (Fsp3) is 0.300. The molecule has 2 N–H and O–H groups in total. The summed E-state index contributed by atoms with van der Waals surface area (Å²) < 4.78 is 21.9. The Morgan fingerprint density at radius 3 is 2.18 bits per heavy atom. The van der Waals surface area contributed by atoms with E-state index in [1.54, 1.807) is 0 Å². The van der Waals surface area contributed by atoms with Gasteiger partial charge in [0.25, 0.3) is 0 Å². The lowest BCUT2D eigenvalue weighted by Gasteiger charge is -2.05. The third kappa shape index (κ3) is 4.18. The maximum Gasteiger partial charge on any atom is 0.163 e. The Labute approximate surface area is 110 Å². The molecule has 1 aromatic carbocycles. The van der Waals surface area contributed by atoms with Crippen LogP contribution in [0.25, 0.3) is 0 Å². The monoisotopic (exact) mass is 295 g/mol. The first-order valence-corrected chi connectivity index (χ1v) is 7.48. The second-order valence-electron chi connectivity index (χ2n) is 3.66. The van der Waals surface area contributed by atoms with Crippen molar-refractivity contribution in [2.75, 3.05) is 17.7 Å². The minimum atomic E-state index is -3.17. The molecule has 17 heavy (non-hydrogen) atoms. The second kappa shape index (κ2) is 5.25. The van der Waals surface area contributed by atoms with Crippen LogP contribution < -0.4 is 5.73 Å². The normalized spacial score (nSPS) is 11.5. The average Bonchev–Trinajstić information content (AvgIpc) is 2.20. The molecule has 0 aromatic heterocycles. The highest BCUT2D eigenvalue weighted by Gasteiger charge is 2.13. The average molecular weight is 296 g/mol. The fourth-order valence-corrected chi connectivity index (χ4v) is 2.21. The minimum absolute atomic E-state index is 0.102. The highest BCUT2D eigenvalue weighted by atomic mass is 35.5. The topological polar surface area (TPSA) is 77.2 Å². The molecule has 0 fully saturated rings. The molecule has 94 valence electrons. The number of anilines is 1. The summed E-state index contributed by atoms with van der Waals surface area (Å²) >= 11 is 11.5. The van der Waals surface area contributed by atoms with E-state index in [0.29, 0.717) is 0 Å². The molecule has 1 aromatic rings. The summed E-state index contributed by atoms with van der Waals surface area (Å²) in [5.74, 6) is -0.537. The van der Waals surface area contributed by atoms with E-state index in [9.17, 15) is 13.2 Å². The third-order valence-corrected chi connectivity index (χ3v) is 3.67. The standard InChI is InChI=1S/C10H11Cl2NO3S/c1-17(15,16)3-2-9(14)6-4-7(11)10(13)8(12)5-6/h4-5H,2-3,13H2,1H3. The molecule has 0 amide bonds. The van der Waals surface area contributed by atoms with E-state index < -0.39 is 9.84 Å². The number of hydrogen-bond acceptors (Lipinski definition) is 4. The van der Waals surface area contributed by atoms with Crippen molar-refractivity contribution in [3.8, 4) is 0 Å². The molecule has 7 heteroatoms. The molecule has 0 bridgehead atoms. The summed E-state index contributed by atoms with van der Waals surface area (Å²) in [4.78, 5) is 11.7. The number of hydrogen-bond donors (Lipinski definition) is 1. The predicted molar refractivity (Wildman–Crippen MR) is 69.5 cm³/mol. The number of carbonyl (C=O) groups is 1. The van der Waals surface area contributed by atoms with Gasteiger partial charge < -0.3 is 5.73 Å². The molecule has 0 aliphatic carbocycles. The molecule has 1 rings (SSSR count). The maximum absolute atomic E-state index is 11.7. The highest BCUT2D eigenvalue weighted by molar-refractivity contribution is 7.90. The molecule has 0 aliphatic rings. The highest BCUT2D eigenvalue weighted by Crippen LogP contribution is 2.29. The van der Waals surface area contributed by atoms with Crippen LogP contribution in [0, 0.1) is 0 Å². The van der Waals surface area contributed by atoms with Gasteiger partial charge in [-0.3, -0.25) is 4.79 Å². The predicted octanol–water partition coefficient (Wildman–Crippen LogP) is 2.19. The number of nitrogens with two attached hydrogens (primary N) is 1. The van der Waals surface area contributed by atoms with Gasteiger partial charge in [0.1, 0.15) is 9.84 Å². The lowest BCUT2D eigenvalue weighted by Crippen LogP contribution is -2.09. The van der Waals surface area contributed by atoms with E-state index >= 15 is 0 Å². The van der Waals surface area contributed by atoms with Gasteiger partial charge in [-0.05, 0) is 12.1 Å². The maximum atomic E-state index is 11.7. The lowest BCUT2D eigenvalue weighted by atomic mass is 10.1. The molecule has 4 nitrogen and oxygen atoms in total. The molecule has 0 aliphatic heterocycles. The van der Waals surface area contributed by atoms with E-state index in [4.69, 9.17) is 28.9 Å². The van der Waals surface area contributed by atoms with E-state index in [0.717, 1.165) is 6.26 Å². The molecule has 0 saturated heterocycles. The number of nitrogen functional groups attached to an aromatic ring is 1. The van der Waals surface area contributed by atoms with Gasteiger partial charge in [0, 0.05) is 18.2 Å². The van der Waals surface area contributed by atoms with Crippen LogP contribution in [0.15, 0.2) is 12.1 Å². The Bertz CT molecular complexity index is 532. The van der Waals surface area contributed by atoms with E-state index in [-0.39, 0.29) is 39.3 Å².